The van der Waals surface area contributed by atoms with Gasteiger partial charge in [0.05, 0.1) is 19.8 Å². The molecule has 4 nitrogen and oxygen atoms in total. The highest BCUT2D eigenvalue weighted by molar-refractivity contribution is 9.10. The zero-order chi connectivity index (χ0) is 14.2. The van der Waals surface area contributed by atoms with Crippen LogP contribution < -0.4 is 10.1 Å². The number of rotatable bonds is 8. The Kier molecular flexibility index (Phi) is 6.79. The minimum atomic E-state index is 0.530. The first-order valence-electron chi connectivity index (χ1n) is 6.98. The van der Waals surface area contributed by atoms with E-state index in [0.29, 0.717) is 5.92 Å². The van der Waals surface area contributed by atoms with E-state index in [-0.39, 0.29) is 0 Å². The van der Waals surface area contributed by atoms with E-state index in [9.17, 15) is 0 Å². The molecule has 0 amide bonds. The first-order chi connectivity index (χ1) is 9.79. The second-order valence-corrected chi connectivity index (χ2v) is 5.82. The summed E-state index contributed by atoms with van der Waals surface area (Å²) in [6, 6.07) is 6.12. The highest BCUT2D eigenvalue weighted by atomic mass is 79.9. The van der Waals surface area contributed by atoms with Gasteiger partial charge in [-0.1, -0.05) is 15.9 Å². The molecule has 20 heavy (non-hydrogen) atoms. The minimum Gasteiger partial charge on any atom is -0.493 e. The smallest absolute Gasteiger partial charge is 0.119 e. The molecule has 112 valence electrons. The molecule has 1 fully saturated rings. The molecular formula is C15H22BrNO3. The third kappa shape index (κ3) is 5.05. The first kappa shape index (κ1) is 15.8. The number of ether oxygens (including phenoxy) is 3. The Bertz CT molecular complexity index is 408. The molecule has 0 radical (unpaired) electrons. The Balaban J connectivity index is 1.83. The van der Waals surface area contributed by atoms with E-state index in [1.54, 1.807) is 7.11 Å². The van der Waals surface area contributed by atoms with Gasteiger partial charge in [-0.05, 0) is 30.2 Å². The molecule has 1 aliphatic heterocycles. The molecule has 0 aliphatic carbocycles. The lowest BCUT2D eigenvalue weighted by molar-refractivity contribution is 0.167. The van der Waals surface area contributed by atoms with E-state index < -0.39 is 0 Å². The number of hydrogen-bond donors (Lipinski definition) is 1. The lowest BCUT2D eigenvalue weighted by Gasteiger charge is -2.13. The van der Waals surface area contributed by atoms with Gasteiger partial charge in [0, 0.05) is 37.2 Å². The zero-order valence-electron chi connectivity index (χ0n) is 11.9. The van der Waals surface area contributed by atoms with Crippen LogP contribution in [0.3, 0.4) is 0 Å². The summed E-state index contributed by atoms with van der Waals surface area (Å²) >= 11 is 3.57. The predicted molar refractivity (Wildman–Crippen MR) is 82.1 cm³/mol. The fourth-order valence-corrected chi connectivity index (χ4v) is 2.49. The van der Waals surface area contributed by atoms with Crippen molar-refractivity contribution >= 4 is 15.9 Å². The van der Waals surface area contributed by atoms with E-state index in [2.05, 4.69) is 27.3 Å². The largest absolute Gasteiger partial charge is 0.493 e. The van der Waals surface area contributed by atoms with Crippen LogP contribution >= 0.6 is 15.9 Å². The number of methoxy groups -OCH3 is 1. The van der Waals surface area contributed by atoms with Crippen molar-refractivity contribution in [3.63, 3.8) is 0 Å². The molecule has 1 aromatic rings. The molecule has 1 N–H and O–H groups in total. The molecular weight excluding hydrogens is 322 g/mol. The van der Waals surface area contributed by atoms with Gasteiger partial charge >= 0.3 is 0 Å². The summed E-state index contributed by atoms with van der Waals surface area (Å²) in [6.07, 6.45) is 1.10. The third-order valence-electron chi connectivity index (χ3n) is 3.33. The van der Waals surface area contributed by atoms with Gasteiger partial charge in [-0.3, -0.25) is 0 Å². The Labute approximate surface area is 128 Å². The molecule has 1 atom stereocenters. The van der Waals surface area contributed by atoms with Crippen LogP contribution in [0.15, 0.2) is 22.7 Å². The summed E-state index contributed by atoms with van der Waals surface area (Å²) in [6.45, 7) is 4.78. The van der Waals surface area contributed by atoms with Crippen LogP contribution in [-0.2, 0) is 16.0 Å². The molecule has 1 aliphatic rings. The van der Waals surface area contributed by atoms with Gasteiger partial charge in [0.25, 0.3) is 0 Å². The second kappa shape index (κ2) is 8.62. The molecule has 1 saturated heterocycles. The quantitative estimate of drug-likeness (QED) is 0.736. The Morgan fingerprint density at radius 2 is 2.35 bits per heavy atom. The van der Waals surface area contributed by atoms with E-state index >= 15 is 0 Å². The topological polar surface area (TPSA) is 39.7 Å². The molecule has 5 heteroatoms. The van der Waals surface area contributed by atoms with Crippen LogP contribution in [0.25, 0.3) is 0 Å². The number of hydrogen-bond acceptors (Lipinski definition) is 4. The monoisotopic (exact) mass is 343 g/mol. The molecule has 0 spiro atoms. The van der Waals surface area contributed by atoms with Crippen molar-refractivity contribution in [2.24, 2.45) is 5.92 Å². The van der Waals surface area contributed by atoms with Crippen LogP contribution in [0.4, 0.5) is 0 Å². The predicted octanol–water partition coefficient (Wildman–Crippen LogP) is 2.60. The second-order valence-electron chi connectivity index (χ2n) is 4.96. The van der Waals surface area contributed by atoms with Crippen LogP contribution in [0, 0.1) is 5.92 Å². The van der Waals surface area contributed by atoms with E-state index in [4.69, 9.17) is 14.2 Å². The van der Waals surface area contributed by atoms with Crippen LogP contribution in [-0.4, -0.2) is 40.1 Å². The highest BCUT2D eigenvalue weighted by Gasteiger charge is 2.16. The normalized spacial score (nSPS) is 18.4. The van der Waals surface area contributed by atoms with Crippen LogP contribution in [0.5, 0.6) is 5.75 Å². The molecule has 0 saturated carbocycles. The Morgan fingerprint density at radius 3 is 3.10 bits per heavy atom. The fraction of sp³-hybridized carbons (Fsp3) is 0.600. The average Bonchev–Trinajstić information content (AvgIpc) is 2.97. The summed E-state index contributed by atoms with van der Waals surface area (Å²) in [5.74, 6) is 1.45. The summed E-state index contributed by atoms with van der Waals surface area (Å²) in [7, 11) is 1.71. The Morgan fingerprint density at radius 1 is 1.45 bits per heavy atom. The van der Waals surface area contributed by atoms with Gasteiger partial charge in [0.1, 0.15) is 5.75 Å². The van der Waals surface area contributed by atoms with Gasteiger partial charge in [-0.15, -0.1) is 0 Å². The molecule has 0 aromatic heterocycles. The van der Waals surface area contributed by atoms with Crippen molar-refractivity contribution in [2.75, 3.05) is 40.1 Å². The molecule has 0 bridgehead atoms. The van der Waals surface area contributed by atoms with Gasteiger partial charge < -0.3 is 19.5 Å². The number of nitrogens with one attached hydrogen (secondary N) is 1. The van der Waals surface area contributed by atoms with Gasteiger partial charge in [0.2, 0.25) is 0 Å². The maximum atomic E-state index is 5.86. The SMILES string of the molecule is COCCNCc1cc(OCC2CCOC2)ccc1Br. The Hall–Kier alpha value is -0.620. The zero-order valence-corrected chi connectivity index (χ0v) is 13.4. The van der Waals surface area contributed by atoms with Crippen molar-refractivity contribution in [3.8, 4) is 5.75 Å². The van der Waals surface area contributed by atoms with Crippen molar-refractivity contribution in [1.29, 1.82) is 0 Å². The van der Waals surface area contributed by atoms with E-state index in [0.717, 1.165) is 56.2 Å². The van der Waals surface area contributed by atoms with Crippen LogP contribution in [0.1, 0.15) is 12.0 Å². The lowest BCUT2D eigenvalue weighted by atomic mass is 10.1. The van der Waals surface area contributed by atoms with Crippen molar-refractivity contribution in [3.05, 3.63) is 28.2 Å². The lowest BCUT2D eigenvalue weighted by Crippen LogP contribution is -2.19. The number of halogens is 1. The first-order valence-corrected chi connectivity index (χ1v) is 7.77. The summed E-state index contributed by atoms with van der Waals surface area (Å²) in [5.41, 5.74) is 1.20. The average molecular weight is 344 g/mol. The highest BCUT2D eigenvalue weighted by Crippen LogP contribution is 2.23. The third-order valence-corrected chi connectivity index (χ3v) is 4.10. The maximum Gasteiger partial charge on any atom is 0.119 e. The molecule has 1 heterocycles. The minimum absolute atomic E-state index is 0.530. The van der Waals surface area contributed by atoms with Gasteiger partial charge in [0.15, 0.2) is 0 Å². The maximum absolute atomic E-state index is 5.86. The van der Waals surface area contributed by atoms with Crippen LogP contribution in [0.2, 0.25) is 0 Å². The summed E-state index contributed by atoms with van der Waals surface area (Å²) in [4.78, 5) is 0. The van der Waals surface area contributed by atoms with Crippen molar-refractivity contribution in [1.82, 2.24) is 5.32 Å². The summed E-state index contributed by atoms with van der Waals surface area (Å²) < 4.78 is 17.3. The van der Waals surface area contributed by atoms with E-state index in [1.807, 2.05) is 12.1 Å². The van der Waals surface area contributed by atoms with E-state index in [1.165, 1.54) is 5.56 Å². The molecule has 2 rings (SSSR count). The van der Waals surface area contributed by atoms with Crippen molar-refractivity contribution in [2.45, 2.75) is 13.0 Å². The molecule has 1 unspecified atom stereocenters. The fourth-order valence-electron chi connectivity index (χ4n) is 2.10. The van der Waals surface area contributed by atoms with Gasteiger partial charge in [-0.25, -0.2) is 0 Å². The number of benzene rings is 1. The molecule has 1 aromatic carbocycles. The van der Waals surface area contributed by atoms with Gasteiger partial charge in [-0.2, -0.15) is 0 Å². The summed E-state index contributed by atoms with van der Waals surface area (Å²) in [5, 5.41) is 3.34. The van der Waals surface area contributed by atoms with Crippen molar-refractivity contribution < 1.29 is 14.2 Å². The standard InChI is InChI=1S/C15H22BrNO3/c1-18-7-5-17-9-13-8-14(2-3-15(13)16)20-11-12-4-6-19-10-12/h2-3,8,12,17H,4-7,9-11H2,1H3.